The summed E-state index contributed by atoms with van der Waals surface area (Å²) >= 11 is 6.00. The molecular formula is C21H22ClNO3. The van der Waals surface area contributed by atoms with Gasteiger partial charge in [-0.15, -0.1) is 0 Å². The first-order chi connectivity index (χ1) is 12.5. The highest BCUT2D eigenvalue weighted by atomic mass is 35.5. The Morgan fingerprint density at radius 3 is 2.54 bits per heavy atom. The molecule has 0 bridgehead atoms. The molecule has 4 nitrogen and oxygen atoms in total. The van der Waals surface area contributed by atoms with Crippen LogP contribution < -0.4 is 5.32 Å². The van der Waals surface area contributed by atoms with Gasteiger partial charge in [0.05, 0.1) is 0 Å². The average molecular weight is 372 g/mol. The van der Waals surface area contributed by atoms with Crippen LogP contribution in [0.25, 0.3) is 6.08 Å². The van der Waals surface area contributed by atoms with Crippen molar-refractivity contribution in [1.29, 1.82) is 0 Å². The molecule has 2 aromatic carbocycles. The highest BCUT2D eigenvalue weighted by Crippen LogP contribution is 2.16. The van der Waals surface area contributed by atoms with Crippen LogP contribution in [0.2, 0.25) is 5.02 Å². The molecule has 0 radical (unpaired) electrons. The number of ether oxygens (including phenoxy) is 1. The first-order valence-electron chi connectivity index (χ1n) is 8.47. The zero-order chi connectivity index (χ0) is 18.8. The molecule has 5 heteroatoms. The maximum Gasteiger partial charge on any atom is 0.331 e. The summed E-state index contributed by atoms with van der Waals surface area (Å²) in [5.74, 6) is -0.901. The minimum atomic E-state index is -0.586. The number of hydrogen-bond acceptors (Lipinski definition) is 3. The molecule has 136 valence electrons. The van der Waals surface area contributed by atoms with E-state index in [0.717, 1.165) is 12.8 Å². The SMILES string of the molecule is C[C@@H](CCc1ccccc1)NC(=O)COC(=O)/C=C/c1ccccc1Cl. The molecule has 0 heterocycles. The van der Waals surface area contributed by atoms with E-state index in [4.69, 9.17) is 16.3 Å². The minimum Gasteiger partial charge on any atom is -0.452 e. The van der Waals surface area contributed by atoms with E-state index >= 15 is 0 Å². The molecule has 26 heavy (non-hydrogen) atoms. The summed E-state index contributed by atoms with van der Waals surface area (Å²) < 4.78 is 4.95. The summed E-state index contributed by atoms with van der Waals surface area (Å²) in [6.07, 6.45) is 4.51. The quantitative estimate of drug-likeness (QED) is 0.563. The van der Waals surface area contributed by atoms with Crippen molar-refractivity contribution in [3.63, 3.8) is 0 Å². The zero-order valence-electron chi connectivity index (χ0n) is 14.7. The van der Waals surface area contributed by atoms with Crippen LogP contribution in [0.3, 0.4) is 0 Å². The van der Waals surface area contributed by atoms with Crippen molar-refractivity contribution < 1.29 is 14.3 Å². The Labute approximate surface area is 158 Å². The maximum absolute atomic E-state index is 11.9. The predicted octanol–water partition coefficient (Wildman–Crippen LogP) is 4.03. The van der Waals surface area contributed by atoms with Crippen molar-refractivity contribution in [2.45, 2.75) is 25.8 Å². The van der Waals surface area contributed by atoms with Crippen LogP contribution in [0.1, 0.15) is 24.5 Å². The van der Waals surface area contributed by atoms with Crippen molar-refractivity contribution >= 4 is 29.6 Å². The molecule has 0 saturated carbocycles. The highest BCUT2D eigenvalue weighted by Gasteiger charge is 2.09. The molecule has 0 aromatic heterocycles. The Kier molecular flexibility index (Phi) is 7.90. The number of benzene rings is 2. The second-order valence-electron chi connectivity index (χ2n) is 5.96. The van der Waals surface area contributed by atoms with Crippen LogP contribution in [-0.4, -0.2) is 24.5 Å². The topological polar surface area (TPSA) is 55.4 Å². The predicted molar refractivity (Wildman–Crippen MR) is 104 cm³/mol. The molecule has 0 aliphatic carbocycles. The molecule has 0 fully saturated rings. The van der Waals surface area contributed by atoms with Crippen molar-refractivity contribution in [3.8, 4) is 0 Å². The van der Waals surface area contributed by atoms with E-state index in [9.17, 15) is 9.59 Å². The number of rotatable bonds is 8. The Morgan fingerprint density at radius 1 is 1.12 bits per heavy atom. The van der Waals surface area contributed by atoms with Crippen LogP contribution >= 0.6 is 11.6 Å². The van der Waals surface area contributed by atoms with Gasteiger partial charge in [0, 0.05) is 17.1 Å². The summed E-state index contributed by atoms with van der Waals surface area (Å²) in [5, 5.41) is 3.37. The molecule has 0 aliphatic rings. The van der Waals surface area contributed by atoms with Crippen LogP contribution in [-0.2, 0) is 20.7 Å². The minimum absolute atomic E-state index is 0.0000700. The number of carbonyl (C=O) groups excluding carboxylic acids is 2. The molecule has 1 atom stereocenters. The van der Waals surface area contributed by atoms with Gasteiger partial charge < -0.3 is 10.1 Å². The van der Waals surface area contributed by atoms with Gasteiger partial charge >= 0.3 is 5.97 Å². The van der Waals surface area contributed by atoms with Crippen molar-refractivity contribution in [2.75, 3.05) is 6.61 Å². The zero-order valence-corrected chi connectivity index (χ0v) is 15.4. The average Bonchev–Trinajstić information content (AvgIpc) is 2.65. The van der Waals surface area contributed by atoms with Gasteiger partial charge in [0.25, 0.3) is 5.91 Å². The summed E-state index contributed by atoms with van der Waals surface area (Å²) in [6.45, 7) is 1.63. The van der Waals surface area contributed by atoms with Crippen LogP contribution in [0.15, 0.2) is 60.7 Å². The van der Waals surface area contributed by atoms with Crippen molar-refractivity contribution in [2.24, 2.45) is 0 Å². The molecule has 0 unspecified atom stereocenters. The third kappa shape index (κ3) is 7.11. The molecule has 0 spiro atoms. The summed E-state index contributed by atoms with van der Waals surface area (Å²) in [4.78, 5) is 23.6. The van der Waals surface area contributed by atoms with Gasteiger partial charge in [0.2, 0.25) is 0 Å². The number of amides is 1. The molecule has 0 aliphatic heterocycles. The summed E-state index contributed by atoms with van der Waals surface area (Å²) in [7, 11) is 0. The van der Waals surface area contributed by atoms with Crippen LogP contribution in [0.5, 0.6) is 0 Å². The van der Waals surface area contributed by atoms with E-state index in [1.807, 2.05) is 31.2 Å². The number of carbonyl (C=O) groups is 2. The van der Waals surface area contributed by atoms with Gasteiger partial charge in [-0.25, -0.2) is 4.79 Å². The molecule has 1 N–H and O–H groups in total. The van der Waals surface area contributed by atoms with E-state index in [0.29, 0.717) is 10.6 Å². The lowest BCUT2D eigenvalue weighted by Gasteiger charge is -2.13. The normalized spacial score (nSPS) is 11.9. The fourth-order valence-electron chi connectivity index (χ4n) is 2.37. The van der Waals surface area contributed by atoms with E-state index in [-0.39, 0.29) is 18.6 Å². The van der Waals surface area contributed by atoms with E-state index < -0.39 is 5.97 Å². The van der Waals surface area contributed by atoms with Gasteiger partial charge in [0.15, 0.2) is 6.61 Å². The fourth-order valence-corrected chi connectivity index (χ4v) is 2.57. The third-order valence-corrected chi connectivity index (χ3v) is 4.11. The third-order valence-electron chi connectivity index (χ3n) is 3.77. The van der Waals surface area contributed by atoms with Crippen LogP contribution in [0, 0.1) is 0 Å². The van der Waals surface area contributed by atoms with Gasteiger partial charge in [-0.3, -0.25) is 4.79 Å². The molecule has 2 aromatic rings. The monoisotopic (exact) mass is 371 g/mol. The smallest absolute Gasteiger partial charge is 0.331 e. The standard InChI is InChI=1S/C21H22ClNO3/c1-16(11-12-17-7-3-2-4-8-17)23-20(24)15-26-21(25)14-13-18-9-5-6-10-19(18)22/h2-10,13-14,16H,11-12,15H2,1H3,(H,23,24)/b14-13+/t16-/m0/s1. The molecular weight excluding hydrogens is 350 g/mol. The first-order valence-corrected chi connectivity index (χ1v) is 8.85. The summed E-state index contributed by atoms with van der Waals surface area (Å²) in [6, 6.07) is 17.2. The number of esters is 1. The number of hydrogen-bond donors (Lipinski definition) is 1. The fraction of sp³-hybridized carbons (Fsp3) is 0.238. The molecule has 2 rings (SSSR count). The second-order valence-corrected chi connectivity index (χ2v) is 6.36. The lowest BCUT2D eigenvalue weighted by atomic mass is 10.1. The van der Waals surface area contributed by atoms with E-state index in [1.54, 1.807) is 24.3 Å². The Hall–Kier alpha value is -2.59. The number of aryl methyl sites for hydroxylation is 1. The number of nitrogens with one attached hydrogen (secondary N) is 1. The Morgan fingerprint density at radius 2 is 1.81 bits per heavy atom. The maximum atomic E-state index is 11.9. The Balaban J connectivity index is 1.69. The molecule has 0 saturated heterocycles. The molecule has 1 amide bonds. The number of halogens is 1. The van der Waals surface area contributed by atoms with Crippen molar-refractivity contribution in [1.82, 2.24) is 5.32 Å². The Bertz CT molecular complexity index is 759. The lowest BCUT2D eigenvalue weighted by Crippen LogP contribution is -2.36. The highest BCUT2D eigenvalue weighted by molar-refractivity contribution is 6.32. The first kappa shape index (κ1) is 19.7. The second kappa shape index (κ2) is 10.4. The largest absolute Gasteiger partial charge is 0.452 e. The van der Waals surface area contributed by atoms with E-state index in [2.05, 4.69) is 17.4 Å². The van der Waals surface area contributed by atoms with E-state index in [1.165, 1.54) is 11.6 Å². The van der Waals surface area contributed by atoms with Crippen molar-refractivity contribution in [3.05, 3.63) is 76.8 Å². The van der Waals surface area contributed by atoms with Crippen LogP contribution in [0.4, 0.5) is 0 Å². The summed E-state index contributed by atoms with van der Waals surface area (Å²) in [5.41, 5.74) is 1.94. The van der Waals surface area contributed by atoms with Gasteiger partial charge in [-0.1, -0.05) is 60.1 Å². The van der Waals surface area contributed by atoms with Gasteiger partial charge in [0.1, 0.15) is 0 Å². The van der Waals surface area contributed by atoms with Gasteiger partial charge in [-0.05, 0) is 43.0 Å². The van der Waals surface area contributed by atoms with Gasteiger partial charge in [-0.2, -0.15) is 0 Å². The lowest BCUT2D eigenvalue weighted by molar-refractivity contribution is -0.144.